The van der Waals surface area contributed by atoms with E-state index in [4.69, 9.17) is 0 Å². The van der Waals surface area contributed by atoms with Crippen LogP contribution in [-0.4, -0.2) is 73.7 Å². The Labute approximate surface area is 222 Å². The molecule has 0 fully saturated rings. The van der Waals surface area contributed by atoms with Crippen LogP contribution in [0.2, 0.25) is 0 Å². The highest BCUT2D eigenvalue weighted by molar-refractivity contribution is 5.93. The molecule has 0 aliphatic heterocycles. The van der Waals surface area contributed by atoms with Crippen molar-refractivity contribution in [3.8, 4) is 0 Å². The number of amides is 1. The second kappa shape index (κ2) is 15.6. The number of carboxylic acids is 1. The van der Waals surface area contributed by atoms with Crippen molar-refractivity contribution in [1.29, 1.82) is 0 Å². The first kappa shape index (κ1) is 30.6. The Hall–Kier alpha value is -3.61. The van der Waals surface area contributed by atoms with E-state index in [1.54, 1.807) is 20.9 Å². The first-order valence-corrected chi connectivity index (χ1v) is 13.0. The number of carboxylic acid groups (broad SMARTS) is 1. The molecule has 38 heavy (non-hydrogen) atoms. The number of nitrogens with zero attached hydrogens (tertiary/aromatic N) is 5. The number of hydrogen-bond donors (Lipinski definition) is 3. The fraction of sp³-hybridized carbons (Fsp3) is 0.640. The fourth-order valence-corrected chi connectivity index (χ4v) is 4.01. The van der Waals surface area contributed by atoms with Crippen molar-refractivity contribution in [2.45, 2.75) is 84.3 Å². The summed E-state index contributed by atoms with van der Waals surface area (Å²) in [7, 11) is 1.80. The van der Waals surface area contributed by atoms with Gasteiger partial charge in [0.25, 0.3) is 5.56 Å². The summed E-state index contributed by atoms with van der Waals surface area (Å²) in [6, 6.07) is -2.18. The number of ketones is 1. The van der Waals surface area contributed by atoms with Gasteiger partial charge in [-0.1, -0.05) is 49.8 Å². The zero-order chi connectivity index (χ0) is 28.1. The van der Waals surface area contributed by atoms with Crippen LogP contribution in [0.25, 0.3) is 0 Å². The topological polar surface area (TPSA) is 173 Å². The molecule has 0 aliphatic rings. The Balaban J connectivity index is 2.08. The van der Waals surface area contributed by atoms with Crippen molar-refractivity contribution in [2.75, 3.05) is 25.5 Å². The Kier molecular flexibility index (Phi) is 12.6. The van der Waals surface area contributed by atoms with Gasteiger partial charge in [-0.3, -0.25) is 28.6 Å². The summed E-state index contributed by atoms with van der Waals surface area (Å²) in [5, 5.41) is 22.2. The van der Waals surface area contributed by atoms with Gasteiger partial charge in [-0.05, 0) is 33.4 Å². The maximum Gasteiger partial charge on any atom is 0.305 e. The van der Waals surface area contributed by atoms with Gasteiger partial charge in [-0.25, -0.2) is 9.61 Å². The van der Waals surface area contributed by atoms with Crippen LogP contribution in [-0.2, 0) is 20.9 Å². The summed E-state index contributed by atoms with van der Waals surface area (Å²) >= 11 is 0. The van der Waals surface area contributed by atoms with Crippen LogP contribution in [0, 0.1) is 6.92 Å². The quantitative estimate of drug-likeness (QED) is 0.239. The summed E-state index contributed by atoms with van der Waals surface area (Å²) < 4.78 is 5.86. The molecule has 2 unspecified atom stereocenters. The molecule has 0 spiro atoms. The predicted octanol–water partition coefficient (Wildman–Crippen LogP) is 1.93. The molecule has 0 aliphatic carbocycles. The summed E-state index contributed by atoms with van der Waals surface area (Å²) in [4.78, 5) is 56.5. The van der Waals surface area contributed by atoms with E-state index in [1.165, 1.54) is 23.4 Å². The number of nitrogens with one attached hydrogen (secondary N) is 2. The van der Waals surface area contributed by atoms with Gasteiger partial charge in [0.05, 0.1) is 25.6 Å². The zero-order valence-electron chi connectivity index (χ0n) is 22.6. The molecule has 2 heterocycles. The monoisotopic (exact) mass is 533 g/mol. The molecule has 3 N–H and O–H groups in total. The van der Waals surface area contributed by atoms with Gasteiger partial charge >= 0.3 is 5.97 Å². The third-order valence-corrected chi connectivity index (χ3v) is 6.22. The van der Waals surface area contributed by atoms with Crippen molar-refractivity contribution in [2.24, 2.45) is 0 Å². The van der Waals surface area contributed by atoms with Crippen LogP contribution in [0.15, 0.2) is 21.8 Å². The smallest absolute Gasteiger partial charge is 0.305 e. The van der Waals surface area contributed by atoms with Crippen molar-refractivity contribution < 1.29 is 24.1 Å². The average molecular weight is 534 g/mol. The minimum Gasteiger partial charge on any atom is -0.481 e. The Morgan fingerprint density at radius 1 is 1.16 bits per heavy atom. The third-order valence-electron chi connectivity index (χ3n) is 6.22. The minimum atomic E-state index is -1.21. The van der Waals surface area contributed by atoms with Crippen LogP contribution in [0.1, 0.15) is 76.2 Å². The van der Waals surface area contributed by atoms with E-state index >= 15 is 0 Å². The summed E-state index contributed by atoms with van der Waals surface area (Å²) in [6.07, 6.45) is 7.89. The third kappa shape index (κ3) is 9.36. The van der Waals surface area contributed by atoms with E-state index in [9.17, 15) is 24.3 Å². The maximum absolute atomic E-state index is 13.2. The number of anilines is 1. The molecule has 0 aromatic carbocycles. The number of carbonyl (C=O) groups excluding carboxylic acids is 2. The van der Waals surface area contributed by atoms with Crippen molar-refractivity contribution in [3.05, 3.63) is 34.1 Å². The van der Waals surface area contributed by atoms with Crippen LogP contribution >= 0.6 is 0 Å². The molecule has 2 atom stereocenters. The van der Waals surface area contributed by atoms with E-state index in [-0.39, 0.29) is 25.3 Å². The summed E-state index contributed by atoms with van der Waals surface area (Å²) in [5.74, 6) is -2.22. The molecule has 1 amide bonds. The molecule has 0 radical (unpaired) electrons. The second-order valence-corrected chi connectivity index (χ2v) is 9.34. The normalized spacial score (nSPS) is 12.8. The Morgan fingerprint density at radius 3 is 2.53 bits per heavy atom. The van der Waals surface area contributed by atoms with Crippen molar-refractivity contribution in [1.82, 2.24) is 30.1 Å². The van der Waals surface area contributed by atoms with Crippen LogP contribution in [0.3, 0.4) is 0 Å². The Morgan fingerprint density at radius 2 is 1.89 bits per heavy atom. The maximum atomic E-state index is 13.2. The fourth-order valence-electron chi connectivity index (χ4n) is 4.01. The summed E-state index contributed by atoms with van der Waals surface area (Å²) in [5.41, 5.74) is 0.524. The molecule has 2 aromatic heterocycles. The number of aromatic nitrogens is 4. The van der Waals surface area contributed by atoms with Crippen molar-refractivity contribution >= 4 is 23.5 Å². The molecular weight excluding hydrogens is 494 g/mol. The van der Waals surface area contributed by atoms with Gasteiger partial charge in [-0.2, -0.15) is 0 Å². The van der Waals surface area contributed by atoms with Crippen LogP contribution < -0.4 is 16.2 Å². The predicted molar refractivity (Wildman–Crippen MR) is 140 cm³/mol. The lowest BCUT2D eigenvalue weighted by atomic mass is 10.1. The SMILES string of the molecule is CCCCCCCN(C)CC(=O)C(CC(=O)O)NC(=O)C(CC)n1ccnc(NCc2nonc2C)c1=O. The number of aryl methyl sites for hydroxylation is 1. The minimum absolute atomic E-state index is 0.000117. The zero-order valence-corrected chi connectivity index (χ0v) is 22.6. The molecule has 210 valence electrons. The average Bonchev–Trinajstić information content (AvgIpc) is 3.28. The number of likely N-dealkylation sites (N-methyl/N-ethyl adjacent to an activating group) is 1. The number of Topliss-reactive ketones (excluding diaryl/α,β-unsaturated/α-hetero) is 1. The molecule has 13 heteroatoms. The van der Waals surface area contributed by atoms with E-state index < -0.39 is 41.7 Å². The first-order chi connectivity index (χ1) is 18.2. The van der Waals surface area contributed by atoms with Gasteiger partial charge in [0.15, 0.2) is 11.6 Å². The molecule has 0 saturated carbocycles. The largest absolute Gasteiger partial charge is 0.481 e. The van der Waals surface area contributed by atoms with Gasteiger partial charge in [0, 0.05) is 12.4 Å². The lowest BCUT2D eigenvalue weighted by Gasteiger charge is -2.24. The van der Waals surface area contributed by atoms with E-state index in [0.717, 1.165) is 25.7 Å². The van der Waals surface area contributed by atoms with Crippen LogP contribution in [0.4, 0.5) is 5.82 Å². The van der Waals surface area contributed by atoms with Gasteiger partial charge in [-0.15, -0.1) is 0 Å². The number of rotatable bonds is 18. The number of unbranched alkanes of at least 4 members (excludes halogenated alkanes) is 4. The highest BCUT2D eigenvalue weighted by atomic mass is 16.6. The first-order valence-electron chi connectivity index (χ1n) is 13.0. The van der Waals surface area contributed by atoms with Crippen LogP contribution in [0.5, 0.6) is 0 Å². The van der Waals surface area contributed by atoms with Gasteiger partial charge in [0.1, 0.15) is 17.4 Å². The molecule has 0 saturated heterocycles. The lowest BCUT2D eigenvalue weighted by molar-refractivity contribution is -0.140. The summed E-state index contributed by atoms with van der Waals surface area (Å²) in [6.45, 7) is 6.43. The van der Waals surface area contributed by atoms with E-state index in [0.29, 0.717) is 17.9 Å². The highest BCUT2D eigenvalue weighted by Crippen LogP contribution is 2.12. The van der Waals surface area contributed by atoms with Crippen molar-refractivity contribution in [3.63, 3.8) is 0 Å². The molecule has 2 rings (SSSR count). The van der Waals surface area contributed by atoms with E-state index in [1.807, 2.05) is 4.90 Å². The Bertz CT molecular complexity index is 1120. The highest BCUT2D eigenvalue weighted by Gasteiger charge is 2.29. The lowest BCUT2D eigenvalue weighted by Crippen LogP contribution is -2.49. The molecular formula is C25H39N7O6. The number of hydrogen-bond acceptors (Lipinski definition) is 10. The molecule has 0 bridgehead atoms. The number of aliphatic carboxylic acids is 1. The standard InChI is InChI=1S/C25H39N7O6/c1-5-7-8-9-10-12-31(4)16-21(33)18(14-22(34)35)28-24(36)20(6-2)32-13-11-26-23(25(32)37)27-15-19-17(3)29-38-30-19/h11,13,18,20H,5-10,12,14-16H2,1-4H3,(H,26,27)(H,28,36)(H,34,35). The number of carbonyl (C=O) groups is 3. The van der Waals surface area contributed by atoms with Gasteiger partial charge in [0.2, 0.25) is 5.91 Å². The molecule has 2 aromatic rings. The van der Waals surface area contributed by atoms with Gasteiger partial charge < -0.3 is 15.7 Å². The van der Waals surface area contributed by atoms with E-state index in [2.05, 4.69) is 37.5 Å². The second-order valence-electron chi connectivity index (χ2n) is 9.34. The molecule has 13 nitrogen and oxygen atoms in total.